The molecule has 0 radical (unpaired) electrons. The number of carbonyl (C=O) groups excluding carboxylic acids is 3. The molecule has 1 fully saturated rings. The Morgan fingerprint density at radius 3 is 2.33 bits per heavy atom. The van der Waals surface area contributed by atoms with Crippen molar-refractivity contribution in [3.05, 3.63) is 52.2 Å². The maximum Gasteiger partial charge on any atom is 0.338 e. The van der Waals surface area contributed by atoms with Crippen molar-refractivity contribution in [2.45, 2.75) is 25.7 Å². The molecule has 6 nitrogen and oxygen atoms in total. The number of ether oxygens (including phenoxy) is 1. The molecule has 1 aromatic heterocycles. The Labute approximate surface area is 162 Å². The van der Waals surface area contributed by atoms with Gasteiger partial charge < -0.3 is 15.0 Å². The summed E-state index contributed by atoms with van der Waals surface area (Å²) in [6.07, 6.45) is 4.27. The summed E-state index contributed by atoms with van der Waals surface area (Å²) in [7, 11) is 0. The lowest BCUT2D eigenvalue weighted by molar-refractivity contribution is -0.134. The second kappa shape index (κ2) is 9.32. The van der Waals surface area contributed by atoms with E-state index in [1.54, 1.807) is 35.2 Å². The summed E-state index contributed by atoms with van der Waals surface area (Å²) >= 11 is 1.36. The fourth-order valence-electron chi connectivity index (χ4n) is 2.91. The molecular weight excluding hydrogens is 364 g/mol. The summed E-state index contributed by atoms with van der Waals surface area (Å²) in [5.74, 6) is -0.886. The first-order valence-electron chi connectivity index (χ1n) is 9.03. The Morgan fingerprint density at radius 2 is 1.70 bits per heavy atom. The van der Waals surface area contributed by atoms with E-state index in [-0.39, 0.29) is 18.4 Å². The van der Waals surface area contributed by atoms with Crippen LogP contribution < -0.4 is 5.32 Å². The van der Waals surface area contributed by atoms with E-state index >= 15 is 0 Å². The topological polar surface area (TPSA) is 75.7 Å². The molecule has 142 valence electrons. The third kappa shape index (κ3) is 5.40. The van der Waals surface area contributed by atoms with E-state index in [0.29, 0.717) is 16.1 Å². The first kappa shape index (κ1) is 19.1. The lowest BCUT2D eigenvalue weighted by Gasteiger charge is -2.19. The molecule has 27 heavy (non-hydrogen) atoms. The highest BCUT2D eigenvalue weighted by Crippen LogP contribution is 2.15. The quantitative estimate of drug-likeness (QED) is 0.797. The Balaban J connectivity index is 1.49. The third-order valence-electron chi connectivity index (χ3n) is 4.41. The second-order valence-corrected chi connectivity index (χ2v) is 7.33. The van der Waals surface area contributed by atoms with Gasteiger partial charge in [0.25, 0.3) is 11.8 Å². The first-order chi connectivity index (χ1) is 13.1. The normalized spacial score (nSPS) is 14.3. The zero-order chi connectivity index (χ0) is 19.1. The van der Waals surface area contributed by atoms with Crippen LogP contribution in [0.1, 0.15) is 45.7 Å². The van der Waals surface area contributed by atoms with Crippen LogP contribution in [0.15, 0.2) is 41.8 Å². The Hall–Kier alpha value is -2.67. The van der Waals surface area contributed by atoms with E-state index in [1.807, 2.05) is 11.4 Å². The highest BCUT2D eigenvalue weighted by atomic mass is 32.1. The zero-order valence-corrected chi connectivity index (χ0v) is 15.8. The van der Waals surface area contributed by atoms with Gasteiger partial charge in [-0.25, -0.2) is 4.79 Å². The van der Waals surface area contributed by atoms with Gasteiger partial charge in [-0.1, -0.05) is 18.9 Å². The number of rotatable bonds is 5. The SMILES string of the molecule is O=C(OCC(=O)N1CCCCCC1)c1ccc(NC(=O)c2cccs2)cc1. The second-order valence-electron chi connectivity index (χ2n) is 6.38. The molecule has 2 amide bonds. The smallest absolute Gasteiger partial charge is 0.338 e. The average Bonchev–Trinajstić information content (AvgIpc) is 3.09. The molecule has 0 aliphatic carbocycles. The molecule has 7 heteroatoms. The highest BCUT2D eigenvalue weighted by molar-refractivity contribution is 7.12. The van der Waals surface area contributed by atoms with Crippen LogP contribution in [0.2, 0.25) is 0 Å². The van der Waals surface area contributed by atoms with Crippen LogP contribution in [-0.4, -0.2) is 42.4 Å². The zero-order valence-electron chi connectivity index (χ0n) is 15.0. The minimum atomic E-state index is -0.547. The Morgan fingerprint density at radius 1 is 1.00 bits per heavy atom. The van der Waals surface area contributed by atoms with Gasteiger partial charge in [-0.3, -0.25) is 9.59 Å². The minimum absolute atomic E-state index is 0.148. The monoisotopic (exact) mass is 386 g/mol. The molecule has 0 saturated carbocycles. The van der Waals surface area contributed by atoms with Gasteiger partial charge in [0.2, 0.25) is 0 Å². The van der Waals surface area contributed by atoms with Gasteiger partial charge in [0.1, 0.15) is 0 Å². The van der Waals surface area contributed by atoms with E-state index in [1.165, 1.54) is 11.3 Å². The van der Waals surface area contributed by atoms with Crippen molar-refractivity contribution in [3.8, 4) is 0 Å². The lowest BCUT2D eigenvalue weighted by atomic mass is 10.2. The maximum atomic E-state index is 12.2. The summed E-state index contributed by atoms with van der Waals surface area (Å²) in [5.41, 5.74) is 0.929. The number of hydrogen-bond donors (Lipinski definition) is 1. The Kier molecular flexibility index (Phi) is 6.59. The molecule has 0 spiro atoms. The predicted molar refractivity (Wildman–Crippen MR) is 104 cm³/mol. The van der Waals surface area contributed by atoms with Crippen LogP contribution in [0.4, 0.5) is 5.69 Å². The largest absolute Gasteiger partial charge is 0.452 e. The van der Waals surface area contributed by atoms with E-state index < -0.39 is 5.97 Å². The maximum absolute atomic E-state index is 12.2. The van der Waals surface area contributed by atoms with E-state index in [2.05, 4.69) is 5.32 Å². The molecule has 0 atom stereocenters. The summed E-state index contributed by atoms with van der Waals surface area (Å²) < 4.78 is 5.15. The van der Waals surface area contributed by atoms with Crippen LogP contribution in [-0.2, 0) is 9.53 Å². The van der Waals surface area contributed by atoms with Gasteiger partial charge in [-0.15, -0.1) is 11.3 Å². The number of benzene rings is 1. The number of hydrogen-bond acceptors (Lipinski definition) is 5. The number of amides is 2. The third-order valence-corrected chi connectivity index (χ3v) is 5.28. The Bertz CT molecular complexity index is 779. The molecule has 1 N–H and O–H groups in total. The van der Waals surface area contributed by atoms with Gasteiger partial charge in [0.15, 0.2) is 6.61 Å². The predicted octanol–water partition coefficient (Wildman–Crippen LogP) is 3.56. The highest BCUT2D eigenvalue weighted by Gasteiger charge is 2.18. The lowest BCUT2D eigenvalue weighted by Crippen LogP contribution is -2.35. The number of esters is 1. The van der Waals surface area contributed by atoms with Crippen LogP contribution in [0.5, 0.6) is 0 Å². The fourth-order valence-corrected chi connectivity index (χ4v) is 3.53. The summed E-state index contributed by atoms with van der Waals surface area (Å²) in [5, 5.41) is 4.60. The fraction of sp³-hybridized carbons (Fsp3) is 0.350. The number of thiophene rings is 1. The summed E-state index contributed by atoms with van der Waals surface area (Å²) in [6, 6.07) is 9.97. The molecule has 1 aliphatic rings. The molecule has 0 bridgehead atoms. The van der Waals surface area contributed by atoms with Crippen molar-refractivity contribution in [1.29, 1.82) is 0 Å². The summed E-state index contributed by atoms with van der Waals surface area (Å²) in [6.45, 7) is 1.22. The first-order valence-corrected chi connectivity index (χ1v) is 9.91. The van der Waals surface area contributed by atoms with Gasteiger partial charge >= 0.3 is 5.97 Å². The van der Waals surface area contributed by atoms with Crippen molar-refractivity contribution < 1.29 is 19.1 Å². The molecule has 1 aromatic carbocycles. The number of nitrogens with one attached hydrogen (secondary N) is 1. The number of nitrogens with zero attached hydrogens (tertiary/aromatic N) is 1. The van der Waals surface area contributed by atoms with Gasteiger partial charge in [-0.05, 0) is 48.6 Å². The molecule has 1 saturated heterocycles. The molecular formula is C20H22N2O4S. The van der Waals surface area contributed by atoms with Gasteiger partial charge in [-0.2, -0.15) is 0 Å². The summed E-state index contributed by atoms with van der Waals surface area (Å²) in [4.78, 5) is 38.7. The molecule has 0 unspecified atom stereocenters. The van der Waals surface area contributed by atoms with Crippen molar-refractivity contribution in [2.75, 3.05) is 25.0 Å². The van der Waals surface area contributed by atoms with Crippen LogP contribution in [0, 0.1) is 0 Å². The average molecular weight is 386 g/mol. The van der Waals surface area contributed by atoms with Crippen LogP contribution >= 0.6 is 11.3 Å². The number of carbonyl (C=O) groups is 3. The molecule has 1 aliphatic heterocycles. The van der Waals surface area contributed by atoms with Crippen LogP contribution in [0.25, 0.3) is 0 Å². The van der Waals surface area contributed by atoms with Crippen molar-refractivity contribution in [3.63, 3.8) is 0 Å². The van der Waals surface area contributed by atoms with Gasteiger partial charge in [0, 0.05) is 18.8 Å². The van der Waals surface area contributed by atoms with Gasteiger partial charge in [0.05, 0.1) is 10.4 Å². The molecule has 2 aromatic rings. The van der Waals surface area contributed by atoms with E-state index in [9.17, 15) is 14.4 Å². The standard InChI is InChI=1S/C20H22N2O4S/c23-18(22-11-3-1-2-4-12-22)14-26-20(25)15-7-9-16(10-8-15)21-19(24)17-6-5-13-27-17/h5-10,13H,1-4,11-12,14H2,(H,21,24). The molecule has 3 rings (SSSR count). The van der Waals surface area contributed by atoms with Crippen molar-refractivity contribution >= 4 is 34.8 Å². The molecule has 2 heterocycles. The van der Waals surface area contributed by atoms with Crippen molar-refractivity contribution in [1.82, 2.24) is 4.90 Å². The van der Waals surface area contributed by atoms with Crippen molar-refractivity contribution in [2.24, 2.45) is 0 Å². The van der Waals surface area contributed by atoms with E-state index in [0.717, 1.165) is 38.8 Å². The number of likely N-dealkylation sites (tertiary alicyclic amines) is 1. The van der Waals surface area contributed by atoms with Crippen LogP contribution in [0.3, 0.4) is 0 Å². The van der Waals surface area contributed by atoms with E-state index in [4.69, 9.17) is 4.74 Å². The number of anilines is 1. The minimum Gasteiger partial charge on any atom is -0.452 e.